The van der Waals surface area contributed by atoms with Crippen LogP contribution < -0.4 is 16.0 Å². The summed E-state index contributed by atoms with van der Waals surface area (Å²) in [5.41, 5.74) is 0.840. The third-order valence-corrected chi connectivity index (χ3v) is 9.18. The van der Waals surface area contributed by atoms with Crippen molar-refractivity contribution in [1.29, 1.82) is 0 Å². The summed E-state index contributed by atoms with van der Waals surface area (Å²) < 4.78 is 5.77. The fourth-order valence-electron chi connectivity index (χ4n) is 6.39. The number of fused-ring (bicyclic) bond motifs is 1. The molecule has 9 nitrogen and oxygen atoms in total. The van der Waals surface area contributed by atoms with Crippen molar-refractivity contribution in [3.05, 3.63) is 104 Å². The molecule has 3 amide bonds. The van der Waals surface area contributed by atoms with Gasteiger partial charge in [-0.15, -0.1) is 13.2 Å². The predicted octanol–water partition coefficient (Wildman–Crippen LogP) is 6.03. The van der Waals surface area contributed by atoms with Gasteiger partial charge in [0.2, 0.25) is 11.8 Å². The van der Waals surface area contributed by atoms with Crippen LogP contribution in [0.4, 0.5) is 5.69 Å². The summed E-state index contributed by atoms with van der Waals surface area (Å²) in [4.78, 5) is 54.0. The average molecular weight is 668 g/mol. The zero-order valence-corrected chi connectivity index (χ0v) is 28.2. The number of amides is 3. The lowest BCUT2D eigenvalue weighted by Gasteiger charge is -2.29. The molecule has 1 aliphatic carbocycles. The number of aliphatic hydroxyl groups is 1. The summed E-state index contributed by atoms with van der Waals surface area (Å²) in [6.07, 6.45) is 9.12. The van der Waals surface area contributed by atoms with Crippen LogP contribution >= 0.6 is 0 Å². The summed E-state index contributed by atoms with van der Waals surface area (Å²) >= 11 is 0. The molecule has 1 saturated carbocycles. The lowest BCUT2D eigenvalue weighted by Crippen LogP contribution is -2.52. The van der Waals surface area contributed by atoms with Gasteiger partial charge in [-0.05, 0) is 73.4 Å². The third kappa shape index (κ3) is 11.1. The Hall–Kier alpha value is -4.76. The Morgan fingerprint density at radius 3 is 2.29 bits per heavy atom. The van der Waals surface area contributed by atoms with E-state index in [-0.39, 0.29) is 25.4 Å². The molecule has 3 atom stereocenters. The Labute approximate surface area is 289 Å². The number of rotatable bonds is 19. The molecule has 0 unspecified atom stereocenters. The van der Waals surface area contributed by atoms with Crippen molar-refractivity contribution in [2.45, 2.75) is 75.8 Å². The van der Waals surface area contributed by atoms with Crippen molar-refractivity contribution in [3.8, 4) is 0 Å². The van der Waals surface area contributed by atoms with Crippen LogP contribution in [0.3, 0.4) is 0 Å². The van der Waals surface area contributed by atoms with E-state index in [9.17, 15) is 24.3 Å². The zero-order valence-electron chi connectivity index (χ0n) is 28.2. The molecule has 0 radical (unpaired) electrons. The van der Waals surface area contributed by atoms with Crippen molar-refractivity contribution >= 4 is 40.2 Å². The first kappa shape index (κ1) is 37.1. The molecule has 3 aromatic carbocycles. The topological polar surface area (TPSA) is 134 Å². The molecule has 1 aliphatic rings. The lowest BCUT2D eigenvalue weighted by atomic mass is 9.94. The minimum Gasteiger partial charge on any atom is -0.463 e. The maximum atomic E-state index is 13.7. The number of anilines is 1. The molecule has 0 bridgehead atoms. The van der Waals surface area contributed by atoms with E-state index in [1.807, 2.05) is 72.8 Å². The molecular formula is C40H49N3O6. The Morgan fingerprint density at radius 2 is 1.59 bits per heavy atom. The van der Waals surface area contributed by atoms with E-state index in [1.165, 1.54) is 0 Å². The van der Waals surface area contributed by atoms with E-state index < -0.39 is 47.8 Å². The van der Waals surface area contributed by atoms with Crippen LogP contribution in [0.5, 0.6) is 0 Å². The zero-order chi connectivity index (χ0) is 35.1. The second kappa shape index (κ2) is 18.7. The van der Waals surface area contributed by atoms with Crippen LogP contribution in [0.25, 0.3) is 10.8 Å². The minimum absolute atomic E-state index is 0.152. The highest BCUT2D eigenvalue weighted by atomic mass is 16.5. The Kier molecular flexibility index (Phi) is 14.1. The molecule has 49 heavy (non-hydrogen) atoms. The van der Waals surface area contributed by atoms with Crippen molar-refractivity contribution < 1.29 is 29.0 Å². The highest BCUT2D eigenvalue weighted by Crippen LogP contribution is 2.29. The molecule has 0 aromatic heterocycles. The number of unbranched alkanes of at least 4 members (excludes halogenated alkanes) is 1. The molecule has 3 aromatic rings. The molecule has 1 fully saturated rings. The van der Waals surface area contributed by atoms with E-state index in [1.54, 1.807) is 12.1 Å². The predicted molar refractivity (Wildman–Crippen MR) is 192 cm³/mol. The molecule has 0 saturated heterocycles. The van der Waals surface area contributed by atoms with Crippen molar-refractivity contribution in [3.63, 3.8) is 0 Å². The standard InChI is InChI=1S/C40H49N3O6/c1-3-5-7-19-33(24-29-15-8-6-9-16-29)39(48)49-27-35(38(47)41-34-21-20-30-17-10-11-18-31(30)25-34)42-37(46)32(14-4-2)26-36(45)43-40(28-44)22-12-13-23-40/h3-4,6,8-11,15-18,20-21,25,32-33,35,44H,1-2,5,7,12-14,19,22-24,26-28H2,(H,41,47)(H,42,46)(H,43,45)/t32-,33-,35+/m1/s1. The van der Waals surface area contributed by atoms with Gasteiger partial charge in [0, 0.05) is 12.1 Å². The number of nitrogens with one attached hydrogen (secondary N) is 3. The van der Waals surface area contributed by atoms with Crippen molar-refractivity contribution in [2.75, 3.05) is 18.5 Å². The molecule has 4 N–H and O–H groups in total. The van der Waals surface area contributed by atoms with Gasteiger partial charge in [0.1, 0.15) is 12.6 Å². The van der Waals surface area contributed by atoms with Crippen LogP contribution in [0.1, 0.15) is 63.4 Å². The molecule has 9 heteroatoms. The highest BCUT2D eigenvalue weighted by Gasteiger charge is 2.36. The fraction of sp³-hybridized carbons (Fsp3) is 0.400. The lowest BCUT2D eigenvalue weighted by molar-refractivity contribution is -0.151. The van der Waals surface area contributed by atoms with E-state index in [4.69, 9.17) is 4.74 Å². The monoisotopic (exact) mass is 667 g/mol. The number of allylic oxidation sites excluding steroid dienone is 2. The summed E-state index contributed by atoms with van der Waals surface area (Å²) in [5.74, 6) is -3.20. The Balaban J connectivity index is 1.50. The summed E-state index contributed by atoms with van der Waals surface area (Å²) in [5, 5.41) is 20.5. The second-order valence-electron chi connectivity index (χ2n) is 13.0. The molecule has 4 rings (SSSR count). The van der Waals surface area contributed by atoms with Crippen LogP contribution in [-0.2, 0) is 30.3 Å². The van der Waals surface area contributed by atoms with Crippen LogP contribution in [0.15, 0.2) is 98.1 Å². The van der Waals surface area contributed by atoms with Gasteiger partial charge < -0.3 is 25.8 Å². The molecule has 260 valence electrons. The highest BCUT2D eigenvalue weighted by molar-refractivity contribution is 5.99. The SMILES string of the molecule is C=CCCC[C@H](Cc1ccccc1)C(=O)OC[C@H](NC(=O)[C@H](CC=C)CC(=O)NC1(CO)CCCC1)C(=O)Nc1ccc2ccccc2c1. The third-order valence-electron chi connectivity index (χ3n) is 9.18. The van der Waals surface area contributed by atoms with Crippen molar-refractivity contribution in [1.82, 2.24) is 10.6 Å². The number of hydrogen-bond acceptors (Lipinski definition) is 6. The first-order valence-corrected chi connectivity index (χ1v) is 17.2. The first-order chi connectivity index (χ1) is 23.8. The van der Waals surface area contributed by atoms with Gasteiger partial charge in [-0.3, -0.25) is 19.2 Å². The first-order valence-electron chi connectivity index (χ1n) is 17.2. The number of carbonyl (C=O) groups excluding carboxylic acids is 4. The second-order valence-corrected chi connectivity index (χ2v) is 13.0. The van der Waals surface area contributed by atoms with E-state index in [0.717, 1.165) is 42.0 Å². The quantitative estimate of drug-likeness (QED) is 0.0702. The molecule has 0 aliphatic heterocycles. The number of aliphatic hydroxyl groups excluding tert-OH is 1. The molecule has 0 spiro atoms. The summed E-state index contributed by atoms with van der Waals surface area (Å²) in [6.45, 7) is 6.97. The van der Waals surface area contributed by atoms with Gasteiger partial charge in [0.05, 0.1) is 24.0 Å². The largest absolute Gasteiger partial charge is 0.463 e. The Bertz CT molecular complexity index is 1580. The van der Waals surface area contributed by atoms with Gasteiger partial charge >= 0.3 is 5.97 Å². The van der Waals surface area contributed by atoms with Gasteiger partial charge in [-0.1, -0.05) is 85.7 Å². The maximum Gasteiger partial charge on any atom is 0.309 e. The van der Waals surface area contributed by atoms with E-state index in [2.05, 4.69) is 29.1 Å². The van der Waals surface area contributed by atoms with E-state index in [0.29, 0.717) is 31.4 Å². The number of hydrogen-bond donors (Lipinski definition) is 4. The Morgan fingerprint density at radius 1 is 0.878 bits per heavy atom. The smallest absolute Gasteiger partial charge is 0.309 e. The van der Waals surface area contributed by atoms with Gasteiger partial charge in [0.25, 0.3) is 5.91 Å². The molecule has 0 heterocycles. The summed E-state index contributed by atoms with van der Waals surface area (Å²) in [7, 11) is 0. The molecular weight excluding hydrogens is 618 g/mol. The summed E-state index contributed by atoms with van der Waals surface area (Å²) in [6, 6.07) is 21.7. The van der Waals surface area contributed by atoms with Crippen LogP contribution in [0.2, 0.25) is 0 Å². The minimum atomic E-state index is -1.23. The van der Waals surface area contributed by atoms with E-state index >= 15 is 0 Å². The number of carbonyl (C=O) groups is 4. The van der Waals surface area contributed by atoms with Crippen LogP contribution in [0, 0.1) is 11.8 Å². The van der Waals surface area contributed by atoms with Gasteiger partial charge in [-0.2, -0.15) is 0 Å². The van der Waals surface area contributed by atoms with Crippen LogP contribution in [-0.4, -0.2) is 53.6 Å². The van der Waals surface area contributed by atoms with Crippen molar-refractivity contribution in [2.24, 2.45) is 11.8 Å². The number of benzene rings is 3. The fourth-order valence-corrected chi connectivity index (χ4v) is 6.39. The van der Waals surface area contributed by atoms with Gasteiger partial charge in [-0.25, -0.2) is 0 Å². The average Bonchev–Trinajstić information content (AvgIpc) is 3.58. The number of ether oxygens (including phenoxy) is 1. The maximum absolute atomic E-state index is 13.7. The normalized spacial score (nSPS) is 15.4. The number of esters is 1. The van der Waals surface area contributed by atoms with Gasteiger partial charge in [0.15, 0.2) is 0 Å².